The average molecular weight is 339 g/mol. The van der Waals surface area contributed by atoms with Crippen LogP contribution < -0.4 is 5.32 Å². The molecule has 1 amide bonds. The van der Waals surface area contributed by atoms with Crippen LogP contribution in [-0.4, -0.2) is 35.7 Å². The molecule has 0 aromatic heterocycles. The van der Waals surface area contributed by atoms with Gasteiger partial charge in [0.05, 0.1) is 6.04 Å². The molecule has 128 valence electrons. The van der Waals surface area contributed by atoms with Gasteiger partial charge in [0.25, 0.3) is 0 Å². The number of piperidine rings is 1. The van der Waals surface area contributed by atoms with Crippen molar-refractivity contribution in [3.05, 3.63) is 28.8 Å². The smallest absolute Gasteiger partial charge is 0.410 e. The van der Waals surface area contributed by atoms with E-state index in [2.05, 4.69) is 5.32 Å². The van der Waals surface area contributed by atoms with Crippen molar-refractivity contribution >= 4 is 23.4 Å². The summed E-state index contributed by atoms with van der Waals surface area (Å²) in [4.78, 5) is 14.3. The normalized spacial score (nSPS) is 18.7. The van der Waals surface area contributed by atoms with Crippen molar-refractivity contribution in [3.63, 3.8) is 0 Å². The van der Waals surface area contributed by atoms with Crippen LogP contribution in [0.3, 0.4) is 0 Å². The maximum atomic E-state index is 12.4. The number of halogens is 1. The maximum absolute atomic E-state index is 12.4. The second-order valence-corrected chi connectivity index (χ2v) is 7.52. The summed E-state index contributed by atoms with van der Waals surface area (Å²) in [5.41, 5.74) is 1.59. The highest BCUT2D eigenvalue weighted by Gasteiger charge is 2.30. The Morgan fingerprint density at radius 2 is 2.13 bits per heavy atom. The lowest BCUT2D eigenvalue weighted by atomic mass is 10.0. The number of rotatable bonds is 3. The molecule has 1 aromatic rings. The molecule has 1 saturated heterocycles. The molecule has 1 atom stereocenters. The zero-order valence-electron chi connectivity index (χ0n) is 14.5. The van der Waals surface area contributed by atoms with Gasteiger partial charge in [-0.2, -0.15) is 0 Å². The number of carbonyl (C=O) groups excluding carboxylic acids is 1. The third kappa shape index (κ3) is 5.03. The molecule has 1 aromatic carbocycles. The molecule has 1 fully saturated rings. The summed E-state index contributed by atoms with van der Waals surface area (Å²) in [6.45, 7) is 9.17. The molecule has 0 radical (unpaired) electrons. The first-order valence-corrected chi connectivity index (χ1v) is 8.64. The third-order valence-electron chi connectivity index (χ3n) is 4.05. The Labute approximate surface area is 144 Å². The second kappa shape index (κ2) is 7.43. The fourth-order valence-electron chi connectivity index (χ4n) is 2.80. The molecular weight excluding hydrogens is 312 g/mol. The van der Waals surface area contributed by atoms with Gasteiger partial charge in [-0.3, -0.25) is 0 Å². The van der Waals surface area contributed by atoms with Gasteiger partial charge in [0.15, 0.2) is 0 Å². The van der Waals surface area contributed by atoms with Gasteiger partial charge in [0.2, 0.25) is 0 Å². The highest BCUT2D eigenvalue weighted by atomic mass is 35.5. The van der Waals surface area contributed by atoms with Crippen LogP contribution in [0.15, 0.2) is 18.2 Å². The number of carbonyl (C=O) groups is 1. The standard InChI is InChI=1S/C18H27ClN2O2/c1-13-15(19)9-7-10-16(13)20-12-14-8-5-6-11-21(14)17(22)23-18(2,3)4/h7,9-10,14,20H,5-6,8,11-12H2,1-4H3. The molecule has 1 N–H and O–H groups in total. The average Bonchev–Trinajstić information content (AvgIpc) is 2.47. The summed E-state index contributed by atoms with van der Waals surface area (Å²) < 4.78 is 5.54. The maximum Gasteiger partial charge on any atom is 0.410 e. The quantitative estimate of drug-likeness (QED) is 0.856. The molecule has 2 rings (SSSR count). The summed E-state index contributed by atoms with van der Waals surface area (Å²) >= 11 is 6.16. The van der Waals surface area contributed by atoms with E-state index in [1.165, 1.54) is 0 Å². The molecule has 1 unspecified atom stereocenters. The van der Waals surface area contributed by atoms with Crippen molar-refractivity contribution in [1.82, 2.24) is 4.90 Å². The number of hydrogen-bond acceptors (Lipinski definition) is 3. The van der Waals surface area contributed by atoms with E-state index in [-0.39, 0.29) is 12.1 Å². The van der Waals surface area contributed by atoms with Crippen molar-refractivity contribution < 1.29 is 9.53 Å². The number of nitrogens with one attached hydrogen (secondary N) is 1. The Morgan fingerprint density at radius 1 is 1.39 bits per heavy atom. The van der Waals surface area contributed by atoms with E-state index >= 15 is 0 Å². The van der Waals surface area contributed by atoms with Gasteiger partial charge in [-0.15, -0.1) is 0 Å². The van der Waals surface area contributed by atoms with Gasteiger partial charge in [-0.25, -0.2) is 4.79 Å². The Kier molecular flexibility index (Phi) is 5.79. The van der Waals surface area contributed by atoms with Crippen LogP contribution in [-0.2, 0) is 4.74 Å². The molecule has 0 aliphatic carbocycles. The Balaban J connectivity index is 2.01. The first-order valence-electron chi connectivity index (χ1n) is 8.26. The van der Waals surface area contributed by atoms with Crippen molar-refractivity contribution in [2.24, 2.45) is 0 Å². The lowest BCUT2D eigenvalue weighted by Gasteiger charge is -2.37. The van der Waals surface area contributed by atoms with E-state index < -0.39 is 5.60 Å². The number of ether oxygens (including phenoxy) is 1. The molecule has 0 saturated carbocycles. The minimum Gasteiger partial charge on any atom is -0.444 e. The zero-order chi connectivity index (χ0) is 17.0. The van der Waals surface area contributed by atoms with Gasteiger partial charge in [0, 0.05) is 23.8 Å². The van der Waals surface area contributed by atoms with E-state index in [4.69, 9.17) is 16.3 Å². The van der Waals surface area contributed by atoms with Crippen LogP contribution in [0.4, 0.5) is 10.5 Å². The van der Waals surface area contributed by atoms with Gasteiger partial charge in [-0.05, 0) is 64.7 Å². The van der Waals surface area contributed by atoms with Crippen LogP contribution in [0, 0.1) is 6.92 Å². The van der Waals surface area contributed by atoms with E-state index in [0.717, 1.165) is 42.1 Å². The minimum absolute atomic E-state index is 0.150. The van der Waals surface area contributed by atoms with Crippen LogP contribution in [0.2, 0.25) is 5.02 Å². The zero-order valence-corrected chi connectivity index (χ0v) is 15.2. The second-order valence-electron chi connectivity index (χ2n) is 7.12. The van der Waals surface area contributed by atoms with Gasteiger partial charge < -0.3 is 15.0 Å². The van der Waals surface area contributed by atoms with E-state index in [9.17, 15) is 4.79 Å². The van der Waals surface area contributed by atoms with E-state index in [1.54, 1.807) is 0 Å². The number of hydrogen-bond donors (Lipinski definition) is 1. The monoisotopic (exact) mass is 338 g/mol. The van der Waals surface area contributed by atoms with Crippen molar-refractivity contribution in [2.45, 2.75) is 58.6 Å². The molecule has 4 nitrogen and oxygen atoms in total. The molecular formula is C18H27ClN2O2. The Morgan fingerprint density at radius 3 is 2.83 bits per heavy atom. The van der Waals surface area contributed by atoms with E-state index in [1.807, 2.05) is 50.8 Å². The van der Waals surface area contributed by atoms with Gasteiger partial charge in [-0.1, -0.05) is 17.7 Å². The van der Waals surface area contributed by atoms with Gasteiger partial charge >= 0.3 is 6.09 Å². The Bertz CT molecular complexity index is 554. The number of nitrogens with zero attached hydrogens (tertiary/aromatic N) is 1. The molecule has 1 heterocycles. The topological polar surface area (TPSA) is 41.6 Å². The fraction of sp³-hybridized carbons (Fsp3) is 0.611. The molecule has 0 spiro atoms. The predicted molar refractivity (Wildman–Crippen MR) is 95.3 cm³/mol. The van der Waals surface area contributed by atoms with Crippen LogP contribution in [0.1, 0.15) is 45.6 Å². The SMILES string of the molecule is Cc1c(Cl)cccc1NCC1CCCCN1C(=O)OC(C)(C)C. The van der Waals surface area contributed by atoms with E-state index in [0.29, 0.717) is 6.54 Å². The molecule has 1 aliphatic rings. The first-order chi connectivity index (χ1) is 10.8. The van der Waals surface area contributed by atoms with Crippen molar-refractivity contribution in [3.8, 4) is 0 Å². The highest BCUT2D eigenvalue weighted by Crippen LogP contribution is 2.25. The van der Waals surface area contributed by atoms with Gasteiger partial charge in [0.1, 0.15) is 5.60 Å². The molecule has 23 heavy (non-hydrogen) atoms. The molecule has 0 bridgehead atoms. The molecule has 1 aliphatic heterocycles. The first kappa shape index (κ1) is 17.9. The van der Waals surface area contributed by atoms with Crippen LogP contribution in [0.25, 0.3) is 0 Å². The van der Waals surface area contributed by atoms with Crippen LogP contribution in [0.5, 0.6) is 0 Å². The highest BCUT2D eigenvalue weighted by molar-refractivity contribution is 6.31. The fourth-order valence-corrected chi connectivity index (χ4v) is 2.97. The lowest BCUT2D eigenvalue weighted by molar-refractivity contribution is 0.0114. The summed E-state index contributed by atoms with van der Waals surface area (Å²) in [5.74, 6) is 0. The summed E-state index contributed by atoms with van der Waals surface area (Å²) in [6, 6.07) is 5.99. The van der Waals surface area contributed by atoms with Crippen molar-refractivity contribution in [1.29, 1.82) is 0 Å². The number of likely N-dealkylation sites (tertiary alicyclic amines) is 1. The third-order valence-corrected chi connectivity index (χ3v) is 4.46. The summed E-state index contributed by atoms with van der Waals surface area (Å²) in [7, 11) is 0. The number of amides is 1. The number of anilines is 1. The molecule has 5 heteroatoms. The summed E-state index contributed by atoms with van der Waals surface area (Å²) in [5, 5.41) is 4.19. The largest absolute Gasteiger partial charge is 0.444 e. The lowest BCUT2D eigenvalue weighted by Crippen LogP contribution is -2.48. The van der Waals surface area contributed by atoms with Crippen molar-refractivity contribution in [2.75, 3.05) is 18.4 Å². The predicted octanol–water partition coefficient (Wildman–Crippen LogP) is 4.85. The number of benzene rings is 1. The van der Waals surface area contributed by atoms with Crippen LogP contribution >= 0.6 is 11.6 Å². The minimum atomic E-state index is -0.462. The summed E-state index contributed by atoms with van der Waals surface area (Å²) in [6.07, 6.45) is 2.95. The Hall–Kier alpha value is -1.42.